The molecule has 0 aliphatic carbocycles. The number of unbranched alkanes of at least 4 members (excludes halogenated alkanes) is 2. The van der Waals surface area contributed by atoms with Gasteiger partial charge in [0.15, 0.2) is 0 Å². The SMILES string of the molecule is CC.CCOC(=O)CCc1ccc(OC)c(CCCCCN)c1. The molecule has 0 spiro atoms. The summed E-state index contributed by atoms with van der Waals surface area (Å²) in [5, 5.41) is 0. The van der Waals surface area contributed by atoms with Crippen molar-refractivity contribution in [3.8, 4) is 5.75 Å². The van der Waals surface area contributed by atoms with Gasteiger partial charge in [-0.1, -0.05) is 32.4 Å². The van der Waals surface area contributed by atoms with Crippen LogP contribution in [0, 0.1) is 0 Å². The second-order valence-electron chi connectivity index (χ2n) is 5.05. The summed E-state index contributed by atoms with van der Waals surface area (Å²) >= 11 is 0. The minimum Gasteiger partial charge on any atom is -0.496 e. The summed E-state index contributed by atoms with van der Waals surface area (Å²) in [6.45, 7) is 7.01. The summed E-state index contributed by atoms with van der Waals surface area (Å²) < 4.78 is 10.4. The van der Waals surface area contributed by atoms with Crippen molar-refractivity contribution in [2.24, 2.45) is 5.73 Å². The number of hydrogen-bond donors (Lipinski definition) is 1. The van der Waals surface area contributed by atoms with Gasteiger partial charge >= 0.3 is 5.97 Å². The standard InChI is InChI=1S/C17H27NO3.C2H6/c1-3-21-17(19)11-9-14-8-10-16(20-2)15(13-14)7-5-4-6-12-18;1-2/h8,10,13H,3-7,9,11-12,18H2,1-2H3;1-2H3. The van der Waals surface area contributed by atoms with E-state index < -0.39 is 0 Å². The van der Waals surface area contributed by atoms with Gasteiger partial charge in [0.2, 0.25) is 0 Å². The molecular formula is C19H33NO3. The van der Waals surface area contributed by atoms with Crippen LogP contribution in [-0.4, -0.2) is 26.2 Å². The molecule has 0 aromatic heterocycles. The Balaban J connectivity index is 0.00000232. The maximum atomic E-state index is 11.4. The number of carbonyl (C=O) groups excluding carboxylic acids is 1. The zero-order chi connectivity index (χ0) is 17.5. The molecule has 23 heavy (non-hydrogen) atoms. The fourth-order valence-electron chi connectivity index (χ4n) is 2.30. The van der Waals surface area contributed by atoms with Crippen molar-refractivity contribution in [3.63, 3.8) is 0 Å². The Labute approximate surface area is 141 Å². The third-order valence-corrected chi connectivity index (χ3v) is 3.42. The van der Waals surface area contributed by atoms with Crippen LogP contribution in [0.4, 0.5) is 0 Å². The van der Waals surface area contributed by atoms with Gasteiger partial charge in [-0.2, -0.15) is 0 Å². The lowest BCUT2D eigenvalue weighted by atomic mass is 10.0. The monoisotopic (exact) mass is 323 g/mol. The van der Waals surface area contributed by atoms with Gasteiger partial charge in [-0.05, 0) is 56.3 Å². The van der Waals surface area contributed by atoms with E-state index in [1.54, 1.807) is 7.11 Å². The molecule has 0 atom stereocenters. The summed E-state index contributed by atoms with van der Waals surface area (Å²) in [6, 6.07) is 6.14. The molecule has 0 heterocycles. The first-order valence-electron chi connectivity index (χ1n) is 8.72. The van der Waals surface area contributed by atoms with Crippen molar-refractivity contribution in [1.29, 1.82) is 0 Å². The van der Waals surface area contributed by atoms with Gasteiger partial charge in [-0.3, -0.25) is 4.79 Å². The Morgan fingerprint density at radius 2 is 1.87 bits per heavy atom. The molecule has 0 saturated carbocycles. The fraction of sp³-hybridized carbons (Fsp3) is 0.632. The van der Waals surface area contributed by atoms with Crippen LogP contribution in [0.5, 0.6) is 5.75 Å². The van der Waals surface area contributed by atoms with Crippen molar-refractivity contribution in [3.05, 3.63) is 29.3 Å². The van der Waals surface area contributed by atoms with E-state index >= 15 is 0 Å². The number of hydrogen-bond acceptors (Lipinski definition) is 4. The smallest absolute Gasteiger partial charge is 0.306 e. The van der Waals surface area contributed by atoms with Gasteiger partial charge in [0.25, 0.3) is 0 Å². The van der Waals surface area contributed by atoms with Crippen LogP contribution >= 0.6 is 0 Å². The van der Waals surface area contributed by atoms with Crippen molar-refractivity contribution < 1.29 is 14.3 Å². The Kier molecular flexibility index (Phi) is 13.1. The van der Waals surface area contributed by atoms with Crippen molar-refractivity contribution in [2.75, 3.05) is 20.3 Å². The van der Waals surface area contributed by atoms with Gasteiger partial charge < -0.3 is 15.2 Å². The quantitative estimate of drug-likeness (QED) is 0.524. The van der Waals surface area contributed by atoms with Crippen molar-refractivity contribution in [2.45, 2.75) is 59.3 Å². The number of rotatable bonds is 10. The summed E-state index contributed by atoms with van der Waals surface area (Å²) in [4.78, 5) is 11.4. The minimum atomic E-state index is -0.141. The first kappa shape index (κ1) is 21.4. The van der Waals surface area contributed by atoms with Crippen molar-refractivity contribution >= 4 is 5.97 Å². The van der Waals surface area contributed by atoms with Gasteiger partial charge in [-0.15, -0.1) is 0 Å². The number of carbonyl (C=O) groups is 1. The topological polar surface area (TPSA) is 61.5 Å². The highest BCUT2D eigenvalue weighted by molar-refractivity contribution is 5.69. The minimum absolute atomic E-state index is 0.141. The maximum Gasteiger partial charge on any atom is 0.306 e. The first-order valence-corrected chi connectivity index (χ1v) is 8.72. The van der Waals surface area contributed by atoms with Gasteiger partial charge in [-0.25, -0.2) is 0 Å². The molecule has 0 bridgehead atoms. The molecule has 0 unspecified atom stereocenters. The molecule has 4 heteroatoms. The molecule has 1 rings (SSSR count). The van der Waals surface area contributed by atoms with E-state index in [4.69, 9.17) is 15.2 Å². The first-order chi connectivity index (χ1) is 11.2. The largest absolute Gasteiger partial charge is 0.496 e. The number of nitrogens with two attached hydrogens (primary N) is 1. The average Bonchev–Trinajstić information content (AvgIpc) is 2.59. The molecule has 132 valence electrons. The van der Waals surface area contributed by atoms with Gasteiger partial charge in [0.05, 0.1) is 13.7 Å². The third kappa shape index (κ3) is 9.24. The van der Waals surface area contributed by atoms with Crippen LogP contribution in [0.25, 0.3) is 0 Å². The highest BCUT2D eigenvalue weighted by Gasteiger charge is 2.07. The van der Waals surface area contributed by atoms with E-state index in [-0.39, 0.29) is 5.97 Å². The van der Waals surface area contributed by atoms with Crippen LogP contribution in [0.2, 0.25) is 0 Å². The molecule has 0 amide bonds. The lowest BCUT2D eigenvalue weighted by Crippen LogP contribution is -2.05. The molecule has 0 radical (unpaired) electrons. The normalized spacial score (nSPS) is 9.78. The van der Waals surface area contributed by atoms with E-state index in [0.29, 0.717) is 19.4 Å². The summed E-state index contributed by atoms with van der Waals surface area (Å²) in [7, 11) is 1.69. The molecular weight excluding hydrogens is 290 g/mol. The molecule has 1 aromatic carbocycles. The van der Waals surface area contributed by atoms with Crippen LogP contribution in [0.1, 0.15) is 57.6 Å². The van der Waals surface area contributed by atoms with Crippen LogP contribution in [0.15, 0.2) is 18.2 Å². The van der Waals surface area contributed by atoms with E-state index in [1.807, 2.05) is 32.9 Å². The highest BCUT2D eigenvalue weighted by Crippen LogP contribution is 2.23. The predicted molar refractivity (Wildman–Crippen MR) is 95.9 cm³/mol. The molecule has 4 nitrogen and oxygen atoms in total. The lowest BCUT2D eigenvalue weighted by molar-refractivity contribution is -0.143. The average molecular weight is 323 g/mol. The second-order valence-corrected chi connectivity index (χ2v) is 5.05. The summed E-state index contributed by atoms with van der Waals surface area (Å²) in [5.41, 5.74) is 7.87. The molecule has 0 aliphatic rings. The second kappa shape index (κ2) is 14.1. The predicted octanol–water partition coefficient (Wildman–Crippen LogP) is 3.89. The number of benzene rings is 1. The molecule has 2 N–H and O–H groups in total. The number of methoxy groups -OCH3 is 1. The Morgan fingerprint density at radius 3 is 2.48 bits per heavy atom. The highest BCUT2D eigenvalue weighted by atomic mass is 16.5. The lowest BCUT2D eigenvalue weighted by Gasteiger charge is -2.11. The van der Waals surface area contributed by atoms with Crippen LogP contribution < -0.4 is 10.5 Å². The Hall–Kier alpha value is -1.55. The van der Waals surface area contributed by atoms with Gasteiger partial charge in [0.1, 0.15) is 5.75 Å². The van der Waals surface area contributed by atoms with E-state index in [2.05, 4.69) is 6.07 Å². The van der Waals surface area contributed by atoms with Crippen LogP contribution in [0.3, 0.4) is 0 Å². The summed E-state index contributed by atoms with van der Waals surface area (Å²) in [5.74, 6) is 0.778. The van der Waals surface area contributed by atoms with Crippen molar-refractivity contribution in [1.82, 2.24) is 0 Å². The van der Waals surface area contributed by atoms with E-state index in [0.717, 1.165) is 43.5 Å². The van der Waals surface area contributed by atoms with Gasteiger partial charge in [0, 0.05) is 6.42 Å². The molecule has 0 fully saturated rings. The van der Waals surface area contributed by atoms with E-state index in [9.17, 15) is 4.79 Å². The molecule has 1 aromatic rings. The molecule has 0 saturated heterocycles. The number of ether oxygens (including phenoxy) is 2. The third-order valence-electron chi connectivity index (χ3n) is 3.42. The molecule has 0 aliphatic heterocycles. The number of esters is 1. The zero-order valence-electron chi connectivity index (χ0n) is 15.2. The number of aryl methyl sites for hydroxylation is 2. The van der Waals surface area contributed by atoms with Crippen LogP contribution in [-0.2, 0) is 22.4 Å². The fourth-order valence-corrected chi connectivity index (χ4v) is 2.30. The Morgan fingerprint density at radius 1 is 1.13 bits per heavy atom. The summed E-state index contributed by atoms with van der Waals surface area (Å²) in [6.07, 6.45) is 5.41. The Bertz CT molecular complexity index is 433. The zero-order valence-corrected chi connectivity index (χ0v) is 15.2. The van der Waals surface area contributed by atoms with E-state index in [1.165, 1.54) is 5.56 Å². The maximum absolute atomic E-state index is 11.4.